The molecule has 80 valence electrons. The fraction of sp³-hybridized carbons (Fsp3) is 0.455. The van der Waals surface area contributed by atoms with Gasteiger partial charge in [0, 0.05) is 31.4 Å². The van der Waals surface area contributed by atoms with Crippen molar-refractivity contribution in [2.75, 3.05) is 18.9 Å². The Morgan fingerprint density at radius 3 is 3.20 bits per heavy atom. The van der Waals surface area contributed by atoms with Crippen molar-refractivity contribution in [3.63, 3.8) is 0 Å². The Balaban J connectivity index is 2.01. The number of nitrogens with two attached hydrogens (primary N) is 1. The number of ether oxygens (including phenoxy) is 1. The zero-order valence-corrected chi connectivity index (χ0v) is 8.48. The summed E-state index contributed by atoms with van der Waals surface area (Å²) in [5.41, 5.74) is 6.16. The minimum Gasteiger partial charge on any atom is -0.384 e. The lowest BCUT2D eigenvalue weighted by atomic mass is 9.98. The summed E-state index contributed by atoms with van der Waals surface area (Å²) < 4.78 is 5.23. The van der Waals surface area contributed by atoms with Crippen molar-refractivity contribution in [2.45, 2.75) is 12.8 Å². The van der Waals surface area contributed by atoms with Gasteiger partial charge in [0.15, 0.2) is 5.78 Å². The third kappa shape index (κ3) is 2.53. The van der Waals surface area contributed by atoms with E-state index in [9.17, 15) is 4.79 Å². The molecule has 1 aliphatic rings. The summed E-state index contributed by atoms with van der Waals surface area (Å²) >= 11 is 0. The molecule has 1 aliphatic heterocycles. The van der Waals surface area contributed by atoms with Crippen LogP contribution in [0, 0.1) is 5.92 Å². The number of nitrogen functional groups attached to an aromatic ring is 1. The van der Waals surface area contributed by atoms with Crippen molar-refractivity contribution in [3.8, 4) is 0 Å². The molecule has 0 unspecified atom stereocenters. The normalized spacial score (nSPS) is 20.4. The Labute approximate surface area is 88.4 Å². The Morgan fingerprint density at radius 2 is 2.53 bits per heavy atom. The molecule has 1 aromatic rings. The fourth-order valence-electron chi connectivity index (χ4n) is 1.75. The van der Waals surface area contributed by atoms with Gasteiger partial charge in [0.25, 0.3) is 0 Å². The number of rotatable bonds is 3. The predicted octanol–water partition coefficient (Wildman–Crippen LogP) is 1.27. The molecule has 0 radical (unpaired) electrons. The second kappa shape index (κ2) is 4.40. The molecule has 15 heavy (non-hydrogen) atoms. The Bertz CT molecular complexity index is 359. The van der Waals surface area contributed by atoms with Crippen molar-refractivity contribution in [1.82, 2.24) is 4.98 Å². The van der Waals surface area contributed by atoms with Gasteiger partial charge in [-0.1, -0.05) is 0 Å². The maximum Gasteiger partial charge on any atom is 0.163 e. The molecular weight excluding hydrogens is 192 g/mol. The molecule has 0 aromatic carbocycles. The van der Waals surface area contributed by atoms with Crippen LogP contribution in [0.1, 0.15) is 23.2 Å². The van der Waals surface area contributed by atoms with Crippen molar-refractivity contribution in [1.29, 1.82) is 0 Å². The minimum absolute atomic E-state index is 0.125. The van der Waals surface area contributed by atoms with Gasteiger partial charge < -0.3 is 10.5 Å². The smallest absolute Gasteiger partial charge is 0.163 e. The maximum absolute atomic E-state index is 11.8. The number of aromatic nitrogens is 1. The molecule has 1 saturated heterocycles. The monoisotopic (exact) mass is 206 g/mol. The molecule has 2 heterocycles. The highest BCUT2D eigenvalue weighted by Gasteiger charge is 2.19. The topological polar surface area (TPSA) is 65.2 Å². The second-order valence-corrected chi connectivity index (χ2v) is 3.83. The fourth-order valence-corrected chi connectivity index (χ4v) is 1.75. The van der Waals surface area contributed by atoms with Crippen LogP contribution in [0.2, 0.25) is 0 Å². The van der Waals surface area contributed by atoms with Gasteiger partial charge in [0.05, 0.1) is 0 Å². The summed E-state index contributed by atoms with van der Waals surface area (Å²) in [6, 6.07) is 3.33. The third-order valence-corrected chi connectivity index (χ3v) is 2.60. The van der Waals surface area contributed by atoms with Crippen LogP contribution in [0.15, 0.2) is 18.3 Å². The van der Waals surface area contributed by atoms with E-state index in [2.05, 4.69) is 4.98 Å². The molecule has 0 aliphatic carbocycles. The highest BCUT2D eigenvalue weighted by atomic mass is 16.5. The molecule has 1 atom stereocenters. The van der Waals surface area contributed by atoms with Crippen molar-refractivity contribution < 1.29 is 9.53 Å². The van der Waals surface area contributed by atoms with Gasteiger partial charge in [-0.05, 0) is 24.5 Å². The molecular formula is C11H14N2O2. The Hall–Kier alpha value is -1.42. The van der Waals surface area contributed by atoms with E-state index < -0.39 is 0 Å². The Morgan fingerprint density at radius 1 is 1.67 bits per heavy atom. The van der Waals surface area contributed by atoms with E-state index in [1.807, 2.05) is 0 Å². The molecule has 4 nitrogen and oxygen atoms in total. The molecule has 1 fully saturated rings. The molecule has 4 heteroatoms. The first-order chi connectivity index (χ1) is 7.25. The first kappa shape index (κ1) is 10.1. The summed E-state index contributed by atoms with van der Waals surface area (Å²) in [4.78, 5) is 15.7. The van der Waals surface area contributed by atoms with Crippen LogP contribution in [0.4, 0.5) is 5.82 Å². The Kier molecular flexibility index (Phi) is 2.97. The lowest BCUT2D eigenvalue weighted by molar-refractivity contribution is 0.0952. The number of Topliss-reactive ketones (excluding diaryl/α,β-unsaturated/α-hetero) is 1. The third-order valence-electron chi connectivity index (χ3n) is 2.60. The SMILES string of the molecule is Nc1cc(C(=O)C[C@H]2CCOC2)ccn1. The van der Waals surface area contributed by atoms with Gasteiger partial charge in [-0.3, -0.25) is 4.79 Å². The number of pyridine rings is 1. The van der Waals surface area contributed by atoms with E-state index >= 15 is 0 Å². The summed E-state index contributed by atoms with van der Waals surface area (Å²) in [5, 5.41) is 0. The van der Waals surface area contributed by atoms with Gasteiger partial charge in [0.2, 0.25) is 0 Å². The number of carbonyl (C=O) groups excluding carboxylic acids is 1. The molecule has 0 spiro atoms. The number of hydrogen-bond donors (Lipinski definition) is 1. The van der Waals surface area contributed by atoms with Crippen LogP contribution in [0.25, 0.3) is 0 Å². The number of nitrogens with zero attached hydrogens (tertiary/aromatic N) is 1. The maximum atomic E-state index is 11.8. The molecule has 0 bridgehead atoms. The van der Waals surface area contributed by atoms with Gasteiger partial charge >= 0.3 is 0 Å². The zero-order chi connectivity index (χ0) is 10.7. The quantitative estimate of drug-likeness (QED) is 0.756. The van der Waals surface area contributed by atoms with E-state index in [1.54, 1.807) is 18.3 Å². The van der Waals surface area contributed by atoms with Crippen LogP contribution in [-0.4, -0.2) is 24.0 Å². The zero-order valence-electron chi connectivity index (χ0n) is 8.48. The van der Waals surface area contributed by atoms with Gasteiger partial charge in [-0.2, -0.15) is 0 Å². The van der Waals surface area contributed by atoms with Crippen LogP contribution < -0.4 is 5.73 Å². The van der Waals surface area contributed by atoms with Gasteiger partial charge in [-0.25, -0.2) is 4.98 Å². The average Bonchev–Trinajstić information content (AvgIpc) is 2.70. The summed E-state index contributed by atoms with van der Waals surface area (Å²) in [6.45, 7) is 1.47. The van der Waals surface area contributed by atoms with Gasteiger partial charge in [-0.15, -0.1) is 0 Å². The number of anilines is 1. The summed E-state index contributed by atoms with van der Waals surface area (Å²) in [5.74, 6) is 0.884. The first-order valence-electron chi connectivity index (χ1n) is 5.08. The van der Waals surface area contributed by atoms with E-state index in [0.29, 0.717) is 30.3 Å². The molecule has 1 aromatic heterocycles. The lowest BCUT2D eigenvalue weighted by Crippen LogP contribution is -2.09. The summed E-state index contributed by atoms with van der Waals surface area (Å²) in [7, 11) is 0. The van der Waals surface area contributed by atoms with Crippen LogP contribution in [-0.2, 0) is 4.74 Å². The molecule has 0 saturated carbocycles. The number of hydrogen-bond acceptors (Lipinski definition) is 4. The second-order valence-electron chi connectivity index (χ2n) is 3.83. The van der Waals surface area contributed by atoms with E-state index in [4.69, 9.17) is 10.5 Å². The highest BCUT2D eigenvalue weighted by molar-refractivity contribution is 5.96. The van der Waals surface area contributed by atoms with Gasteiger partial charge in [0.1, 0.15) is 5.82 Å². The van der Waals surface area contributed by atoms with E-state index in [-0.39, 0.29) is 5.78 Å². The van der Waals surface area contributed by atoms with Crippen molar-refractivity contribution in [3.05, 3.63) is 23.9 Å². The standard InChI is InChI=1S/C11H14N2O2/c12-11-6-9(1-3-13-11)10(14)5-8-2-4-15-7-8/h1,3,6,8H,2,4-5,7H2,(H2,12,13)/t8-/m1/s1. The van der Waals surface area contributed by atoms with E-state index in [1.165, 1.54) is 0 Å². The van der Waals surface area contributed by atoms with Crippen molar-refractivity contribution in [2.24, 2.45) is 5.92 Å². The van der Waals surface area contributed by atoms with Crippen LogP contribution >= 0.6 is 0 Å². The lowest BCUT2D eigenvalue weighted by Gasteiger charge is -2.06. The van der Waals surface area contributed by atoms with Crippen LogP contribution in [0.5, 0.6) is 0 Å². The predicted molar refractivity (Wildman–Crippen MR) is 56.5 cm³/mol. The largest absolute Gasteiger partial charge is 0.384 e. The van der Waals surface area contributed by atoms with E-state index in [0.717, 1.165) is 13.0 Å². The summed E-state index contributed by atoms with van der Waals surface area (Å²) in [6.07, 6.45) is 3.09. The minimum atomic E-state index is 0.125. The number of carbonyl (C=O) groups is 1. The number of ketones is 1. The van der Waals surface area contributed by atoms with Crippen molar-refractivity contribution >= 4 is 11.6 Å². The van der Waals surface area contributed by atoms with Crippen LogP contribution in [0.3, 0.4) is 0 Å². The molecule has 2 N–H and O–H groups in total. The first-order valence-corrected chi connectivity index (χ1v) is 5.08. The highest BCUT2D eigenvalue weighted by Crippen LogP contribution is 2.19. The molecule has 0 amide bonds. The average molecular weight is 206 g/mol. The molecule has 2 rings (SSSR count).